The van der Waals surface area contributed by atoms with Gasteiger partial charge >= 0.3 is 27.2 Å². The van der Waals surface area contributed by atoms with Gasteiger partial charge in [0.05, 0.1) is 51.0 Å². The molecule has 9 heterocycles. The van der Waals surface area contributed by atoms with E-state index in [4.69, 9.17) is 71.2 Å². The predicted molar refractivity (Wildman–Crippen MR) is 464 cm³/mol. The van der Waals surface area contributed by atoms with Crippen LogP contribution in [0.5, 0.6) is 11.5 Å². The number of fused-ring (bicyclic) bond motifs is 3. The molecular formula is C80H117ClF8N20O17P2. The van der Waals surface area contributed by atoms with Crippen LogP contribution in [0.4, 0.5) is 64.6 Å². The number of imidazole rings is 3. The summed E-state index contributed by atoms with van der Waals surface area (Å²) in [6, 6.07) is 14.1. The first kappa shape index (κ1) is 107. The molecule has 14 N–H and O–H groups in total. The van der Waals surface area contributed by atoms with Crippen LogP contribution in [0, 0.1) is 29.1 Å². The van der Waals surface area contributed by atoms with Crippen LogP contribution in [0.3, 0.4) is 0 Å². The molecule has 3 aliphatic carbocycles. The largest absolute Gasteiger partial charge is 0.462 e. The fourth-order valence-electron chi connectivity index (χ4n) is 13.2. The number of nitrogens with two attached hydrogens (primary N) is 3. The number of para-hydroxylation sites is 2. The van der Waals surface area contributed by atoms with E-state index in [-0.39, 0.29) is 88.4 Å². The van der Waals surface area contributed by atoms with Gasteiger partial charge in [-0.15, -0.1) is 0 Å². The Kier molecular flexibility index (Phi) is 36.5. The lowest BCUT2D eigenvalue weighted by Gasteiger charge is -2.25. The van der Waals surface area contributed by atoms with Gasteiger partial charge in [-0.2, -0.15) is 35.0 Å². The Morgan fingerprint density at radius 3 is 1.23 bits per heavy atom. The SMILES string of the molecule is C.C.C.C.C.CC(C)OC(=O)[C@H](C)N[P@](=O)(OC[C@H]1O[C@@H](n2cnc3c(N(C)C4CC4)nc(N)nc32)[C@](C)(F)[C@@H]1O)Oc1ccccc1.CC(C)OC(=O)[C@H](C)N[P@](=O)(Oc1ccccc1)c1c(F)c(F)c(F)c(F)c1F.CN(c1nc(N)nc2c1ncn2[C@@H]1O[C@H](CO)[C@@H](O)[C@@]1(C)F)C1CC1.CNC1CC1.C[C@@]1(F)[C@H](O)[C@@H](CO)O[C@H]1n1cnc2c(Cl)nc(N)nc21. The highest BCUT2D eigenvalue weighted by Crippen LogP contribution is 2.51. The van der Waals surface area contributed by atoms with Crippen molar-refractivity contribution in [2.45, 2.75) is 253 Å². The third kappa shape index (κ3) is 23.6. The third-order valence-corrected chi connectivity index (χ3v) is 24.4. The third-order valence-electron chi connectivity index (χ3n) is 20.3. The number of aromatic nitrogens is 12. The molecule has 6 fully saturated rings. The Bertz CT molecular complexity index is 5300. The first-order valence-corrected chi connectivity index (χ1v) is 42.3. The number of hydrogen-bond acceptors (Lipinski definition) is 32. The highest BCUT2D eigenvalue weighted by atomic mass is 35.5. The summed E-state index contributed by atoms with van der Waals surface area (Å²) in [5.74, 6) is -12.3. The Hall–Kier alpha value is -9.44. The van der Waals surface area contributed by atoms with Crippen molar-refractivity contribution in [1.82, 2.24) is 74.0 Å². The standard InChI is InChI=1S/C27H37FN7O7P.C18H17F5NO4P.C15H21FN6O3.C11H13ClFN5O3.C4H9N.5CH4/c1-15(2)40-24(37)16(3)33-43(38,42-18-9-7-6-8-10-18)39-13-19-21(36)27(4,28)25(41-19)35-14-30-20-22(34(5)17-11-12-17)31-26(29)32-23(20)35;1-9(2)27-18(25)10(3)24-29(26,28-11-7-5-4-6-8-11)17-15(22)13(20)12(19)14(21)16(17)23;1-15(16)10(24)8(5-23)25-13(15)22-6-18-9-11(21(2)7-3-4-7)19-14(17)20-12(9)22;1-11(13)6(20)4(2-19)21-9(11)18-3-15-5-7(12)16-10(14)17-8(5)18;1-5-4-2-3-4;;;;;/h6-10,14-17,19,21,25,36H,11-13H2,1-5H3,(H,33,38)(H2,29,31,32);4-10H,1-3H3,(H,24,26);6-8,10,13,23-24H,3-5H2,1-2H3,(H2,17,19,20);3-4,6,9,19-20H,2H2,1H3,(H2,14,16,17);4-5H,2-3H2,1H3;5*1H4/t16-,19+,21+,25+,27+,43-;10-,29+;8-,10-,13-,15-;4-,6-,9-,11-;;;;;;/m0011....../s1. The lowest BCUT2D eigenvalue weighted by molar-refractivity contribution is -0.149. The monoisotopic (exact) mass is 1880 g/mol. The molecule has 712 valence electrons. The van der Waals surface area contributed by atoms with E-state index in [0.29, 0.717) is 40.4 Å². The second-order valence-corrected chi connectivity index (χ2v) is 34.9. The number of aliphatic hydroxyl groups is 5. The van der Waals surface area contributed by atoms with Crippen LogP contribution in [0.1, 0.15) is 157 Å². The fraction of sp³-hybridized carbons (Fsp3) is 0.562. The minimum atomic E-state index is -5.04. The van der Waals surface area contributed by atoms with Crippen LogP contribution < -0.4 is 56.8 Å². The van der Waals surface area contributed by atoms with Crippen LogP contribution in [0.2, 0.25) is 5.15 Å². The number of hydrogen-bond donors (Lipinski definition) is 11. The number of halogens is 9. The molecular weight excluding hydrogens is 1760 g/mol. The number of aliphatic hydroxyl groups excluding tert-OH is 5. The van der Waals surface area contributed by atoms with E-state index in [9.17, 15) is 65.5 Å². The van der Waals surface area contributed by atoms with E-state index >= 15 is 8.78 Å². The molecule has 0 spiro atoms. The molecule has 16 atom stereocenters. The number of carbonyl (C=O) groups excluding carboxylic acids is 2. The van der Waals surface area contributed by atoms with Crippen LogP contribution in [0.15, 0.2) is 79.6 Å². The van der Waals surface area contributed by atoms with E-state index in [2.05, 4.69) is 55.3 Å². The molecule has 6 aromatic heterocycles. The molecule has 0 amide bonds. The van der Waals surface area contributed by atoms with Gasteiger partial charge in [0.15, 0.2) is 104 Å². The molecule has 48 heteroatoms. The molecule has 6 aliphatic rings. The summed E-state index contributed by atoms with van der Waals surface area (Å²) in [6.07, 6.45) is -1.81. The summed E-state index contributed by atoms with van der Waals surface area (Å²) < 4.78 is 190. The summed E-state index contributed by atoms with van der Waals surface area (Å²) in [5, 5.41) is 55.5. The molecule has 0 unspecified atom stereocenters. The predicted octanol–water partition coefficient (Wildman–Crippen LogP) is 10.9. The molecule has 9 aromatic rings. The lowest BCUT2D eigenvalue weighted by Crippen LogP contribution is -2.41. The number of alkyl halides is 3. The number of nitrogen functional groups attached to an aromatic ring is 3. The average molecular weight is 1880 g/mol. The molecule has 0 bridgehead atoms. The van der Waals surface area contributed by atoms with Gasteiger partial charge in [0.25, 0.3) is 0 Å². The van der Waals surface area contributed by atoms with Gasteiger partial charge in [0, 0.05) is 32.2 Å². The summed E-state index contributed by atoms with van der Waals surface area (Å²) in [4.78, 5) is 66.0. The number of carbonyl (C=O) groups is 2. The smallest absolute Gasteiger partial charge is 0.459 e. The van der Waals surface area contributed by atoms with Gasteiger partial charge < -0.3 is 90.6 Å². The first-order chi connectivity index (χ1) is 57.9. The van der Waals surface area contributed by atoms with Crippen molar-refractivity contribution in [1.29, 1.82) is 0 Å². The van der Waals surface area contributed by atoms with Crippen molar-refractivity contribution >= 4 is 107 Å². The van der Waals surface area contributed by atoms with Crippen molar-refractivity contribution in [3.63, 3.8) is 0 Å². The number of anilines is 5. The minimum Gasteiger partial charge on any atom is -0.462 e. The number of esters is 2. The van der Waals surface area contributed by atoms with Crippen LogP contribution >= 0.6 is 26.9 Å². The maximum atomic E-state index is 16.2. The maximum absolute atomic E-state index is 16.2. The number of benzene rings is 3. The normalized spacial score (nSPS) is 24.6. The van der Waals surface area contributed by atoms with Crippen LogP contribution in [0.25, 0.3) is 33.5 Å². The van der Waals surface area contributed by atoms with Crippen LogP contribution in [-0.4, -0.2) is 233 Å². The van der Waals surface area contributed by atoms with Gasteiger partial charge in [-0.25, -0.2) is 59.7 Å². The highest BCUT2D eigenvalue weighted by Gasteiger charge is 2.59. The quantitative estimate of drug-likeness (QED) is 0.00599. The second-order valence-electron chi connectivity index (χ2n) is 30.9. The van der Waals surface area contributed by atoms with E-state index in [1.807, 2.05) is 36.0 Å². The first-order valence-electron chi connectivity index (χ1n) is 38.8. The van der Waals surface area contributed by atoms with Crippen LogP contribution in [-0.2, 0) is 46.9 Å². The van der Waals surface area contributed by atoms with Crippen molar-refractivity contribution in [2.75, 3.05) is 68.0 Å². The van der Waals surface area contributed by atoms with Crippen molar-refractivity contribution < 1.29 is 117 Å². The molecule has 37 nitrogen and oxygen atoms in total. The van der Waals surface area contributed by atoms with E-state index in [1.54, 1.807) is 50.2 Å². The summed E-state index contributed by atoms with van der Waals surface area (Å²) in [6.45, 7) is 11.0. The average Bonchev–Trinajstić information content (AvgIpc) is 1.44. The topological polar surface area (TPSA) is 495 Å². The van der Waals surface area contributed by atoms with Crippen molar-refractivity contribution in [3.8, 4) is 11.5 Å². The molecule has 3 saturated heterocycles. The van der Waals surface area contributed by atoms with E-state index < -0.39 is 178 Å². The van der Waals surface area contributed by atoms with Crippen molar-refractivity contribution in [2.24, 2.45) is 0 Å². The Balaban J connectivity index is 0.000000263. The molecule has 3 aromatic carbocycles. The zero-order valence-electron chi connectivity index (χ0n) is 68.5. The number of nitrogens with one attached hydrogen (secondary N) is 3. The Morgan fingerprint density at radius 1 is 0.539 bits per heavy atom. The summed E-state index contributed by atoms with van der Waals surface area (Å²) >= 11 is 5.91. The van der Waals surface area contributed by atoms with Gasteiger partial charge in [-0.3, -0.25) is 32.4 Å². The molecule has 15 rings (SSSR count). The highest BCUT2D eigenvalue weighted by molar-refractivity contribution is 7.65. The summed E-state index contributed by atoms with van der Waals surface area (Å²) in [5.41, 5.74) is 12.6. The zero-order valence-corrected chi connectivity index (χ0v) is 71.1. The second kappa shape index (κ2) is 43.5. The zero-order chi connectivity index (χ0) is 90.0. The minimum absolute atomic E-state index is 0. The maximum Gasteiger partial charge on any atom is 0.459 e. The Labute approximate surface area is 740 Å². The van der Waals surface area contributed by atoms with Gasteiger partial charge in [-0.05, 0) is 132 Å². The fourth-order valence-corrected chi connectivity index (χ4v) is 17.0. The van der Waals surface area contributed by atoms with Gasteiger partial charge in [0.2, 0.25) is 23.7 Å². The van der Waals surface area contributed by atoms with Crippen molar-refractivity contribution in [3.05, 3.63) is 114 Å². The van der Waals surface area contributed by atoms with Gasteiger partial charge in [-0.1, -0.05) is 85.1 Å². The van der Waals surface area contributed by atoms with Gasteiger partial charge in [0.1, 0.15) is 71.0 Å². The molecule has 3 saturated carbocycles. The van der Waals surface area contributed by atoms with E-state index in [1.165, 1.54) is 111 Å². The number of rotatable bonds is 26. The number of ether oxygens (including phenoxy) is 5. The molecule has 0 radical (unpaired) electrons. The summed E-state index contributed by atoms with van der Waals surface area (Å²) in [7, 11) is -3.53. The number of nitrogens with zero attached hydrogens (tertiary/aromatic N) is 14. The Morgan fingerprint density at radius 2 is 0.883 bits per heavy atom. The van der Waals surface area contributed by atoms with E-state index in [0.717, 1.165) is 38.6 Å². The molecule has 128 heavy (non-hydrogen) atoms. The lowest BCUT2D eigenvalue weighted by atomic mass is 9.98. The molecule has 3 aliphatic heterocycles.